The third-order valence-electron chi connectivity index (χ3n) is 5.58. The second-order valence-corrected chi connectivity index (χ2v) is 8.62. The van der Waals surface area contributed by atoms with Crippen molar-refractivity contribution in [1.82, 2.24) is 0 Å². The maximum absolute atomic E-state index is 6.63. The third kappa shape index (κ3) is 3.72. The average Bonchev–Trinajstić information content (AvgIpc) is 2.57. The standard InChI is InChI=1S/C22H29ClO/c1-5-15-6-12-19-16(14-15)7-13-20(21(19)23)24-18-10-8-17(9-11-18)22(2,3)4/h6-7,12-14,17-18H,5,8-11H2,1-4H3/t17-,18-. The molecule has 1 aliphatic rings. The molecule has 0 saturated heterocycles. The normalized spacial score (nSPS) is 21.9. The Morgan fingerprint density at radius 2 is 1.75 bits per heavy atom. The van der Waals surface area contributed by atoms with E-state index in [1.54, 1.807) is 0 Å². The maximum atomic E-state index is 6.63. The molecule has 1 nitrogen and oxygen atoms in total. The molecule has 0 aromatic heterocycles. The summed E-state index contributed by atoms with van der Waals surface area (Å²) in [6.45, 7) is 9.23. The molecular formula is C22H29ClO. The van der Waals surface area contributed by atoms with Gasteiger partial charge in [-0.2, -0.15) is 0 Å². The summed E-state index contributed by atoms with van der Waals surface area (Å²) in [6.07, 6.45) is 6.10. The summed E-state index contributed by atoms with van der Waals surface area (Å²) in [4.78, 5) is 0. The topological polar surface area (TPSA) is 9.23 Å². The van der Waals surface area contributed by atoms with Gasteiger partial charge in [-0.05, 0) is 60.5 Å². The fraction of sp³-hybridized carbons (Fsp3) is 0.545. The zero-order valence-electron chi connectivity index (χ0n) is 15.4. The van der Waals surface area contributed by atoms with Crippen LogP contribution < -0.4 is 4.74 Å². The zero-order valence-corrected chi connectivity index (χ0v) is 16.1. The maximum Gasteiger partial charge on any atom is 0.138 e. The molecule has 0 amide bonds. The zero-order chi connectivity index (χ0) is 17.3. The van der Waals surface area contributed by atoms with E-state index in [1.165, 1.54) is 23.8 Å². The Morgan fingerprint density at radius 1 is 1.04 bits per heavy atom. The summed E-state index contributed by atoms with van der Waals surface area (Å²) in [7, 11) is 0. The summed E-state index contributed by atoms with van der Waals surface area (Å²) in [5, 5.41) is 3.05. The minimum absolute atomic E-state index is 0.300. The van der Waals surface area contributed by atoms with Crippen molar-refractivity contribution < 1.29 is 4.74 Å². The largest absolute Gasteiger partial charge is 0.489 e. The van der Waals surface area contributed by atoms with Gasteiger partial charge in [0, 0.05) is 5.39 Å². The van der Waals surface area contributed by atoms with Gasteiger partial charge in [0.05, 0.1) is 11.1 Å². The third-order valence-corrected chi connectivity index (χ3v) is 5.97. The first-order chi connectivity index (χ1) is 11.4. The monoisotopic (exact) mass is 344 g/mol. The molecule has 0 N–H and O–H groups in total. The second kappa shape index (κ2) is 6.96. The van der Waals surface area contributed by atoms with E-state index in [0.717, 1.165) is 41.3 Å². The molecule has 1 saturated carbocycles. The van der Waals surface area contributed by atoms with Crippen molar-refractivity contribution in [3.63, 3.8) is 0 Å². The molecule has 0 atom stereocenters. The van der Waals surface area contributed by atoms with Crippen LogP contribution in [0.1, 0.15) is 58.9 Å². The molecule has 0 spiro atoms. The van der Waals surface area contributed by atoms with E-state index in [9.17, 15) is 0 Å². The Morgan fingerprint density at radius 3 is 2.38 bits per heavy atom. The number of aryl methyl sites for hydroxylation is 1. The van der Waals surface area contributed by atoms with Gasteiger partial charge in [-0.1, -0.05) is 63.6 Å². The minimum atomic E-state index is 0.300. The summed E-state index contributed by atoms with van der Waals surface area (Å²) < 4.78 is 6.28. The van der Waals surface area contributed by atoms with Crippen LogP contribution in [0.25, 0.3) is 10.8 Å². The fourth-order valence-corrected chi connectivity index (χ4v) is 4.14. The quantitative estimate of drug-likeness (QED) is 0.580. The van der Waals surface area contributed by atoms with Crippen LogP contribution in [0, 0.1) is 11.3 Å². The molecule has 24 heavy (non-hydrogen) atoms. The molecule has 2 heteroatoms. The van der Waals surface area contributed by atoms with Gasteiger partial charge in [0.25, 0.3) is 0 Å². The first-order valence-corrected chi connectivity index (χ1v) is 9.64. The van der Waals surface area contributed by atoms with Gasteiger partial charge in [-0.15, -0.1) is 0 Å². The van der Waals surface area contributed by atoms with Gasteiger partial charge in [-0.25, -0.2) is 0 Å². The van der Waals surface area contributed by atoms with Gasteiger partial charge in [0.2, 0.25) is 0 Å². The first-order valence-electron chi connectivity index (χ1n) is 9.26. The molecule has 2 aromatic rings. The summed E-state index contributed by atoms with van der Waals surface area (Å²) >= 11 is 6.63. The van der Waals surface area contributed by atoms with Crippen LogP contribution in [0.4, 0.5) is 0 Å². The number of hydrogen-bond donors (Lipinski definition) is 0. The predicted molar refractivity (Wildman–Crippen MR) is 104 cm³/mol. The van der Waals surface area contributed by atoms with Crippen molar-refractivity contribution in [2.75, 3.05) is 0 Å². The second-order valence-electron chi connectivity index (χ2n) is 8.24. The lowest BCUT2D eigenvalue weighted by atomic mass is 9.72. The molecule has 0 unspecified atom stereocenters. The van der Waals surface area contributed by atoms with E-state index in [4.69, 9.17) is 16.3 Å². The van der Waals surface area contributed by atoms with Crippen LogP contribution in [0.15, 0.2) is 30.3 Å². The number of rotatable bonds is 3. The highest BCUT2D eigenvalue weighted by molar-refractivity contribution is 6.37. The van der Waals surface area contributed by atoms with Gasteiger partial charge in [0.1, 0.15) is 5.75 Å². The highest BCUT2D eigenvalue weighted by Crippen LogP contribution is 2.40. The lowest BCUT2D eigenvalue weighted by Gasteiger charge is -2.37. The van der Waals surface area contributed by atoms with Gasteiger partial charge in [-0.3, -0.25) is 0 Å². The van der Waals surface area contributed by atoms with Gasteiger partial charge in [0.15, 0.2) is 0 Å². The SMILES string of the molecule is CCc1ccc2c(Cl)c(O[C@H]3CC[C@H](C(C)(C)C)CC3)ccc2c1. The molecule has 0 radical (unpaired) electrons. The smallest absolute Gasteiger partial charge is 0.138 e. The van der Waals surface area contributed by atoms with Crippen molar-refractivity contribution in [1.29, 1.82) is 0 Å². The Bertz CT molecular complexity index is 706. The van der Waals surface area contributed by atoms with Gasteiger partial charge < -0.3 is 4.74 Å². The lowest BCUT2D eigenvalue weighted by molar-refractivity contribution is 0.0884. The molecule has 0 bridgehead atoms. The van der Waals surface area contributed by atoms with Crippen molar-refractivity contribution in [2.45, 2.75) is 65.9 Å². The van der Waals surface area contributed by atoms with E-state index < -0.39 is 0 Å². The number of halogens is 1. The number of benzene rings is 2. The molecule has 1 aliphatic carbocycles. The fourth-order valence-electron chi connectivity index (χ4n) is 3.86. The molecular weight excluding hydrogens is 316 g/mol. The van der Waals surface area contributed by atoms with Crippen LogP contribution in [0.3, 0.4) is 0 Å². The van der Waals surface area contributed by atoms with E-state index in [1.807, 2.05) is 6.07 Å². The van der Waals surface area contributed by atoms with Crippen molar-refractivity contribution in [3.05, 3.63) is 40.9 Å². The highest BCUT2D eigenvalue weighted by Gasteiger charge is 2.30. The van der Waals surface area contributed by atoms with Crippen LogP contribution >= 0.6 is 11.6 Å². The Labute approximate surface area is 151 Å². The van der Waals surface area contributed by atoms with E-state index in [-0.39, 0.29) is 0 Å². The molecule has 2 aromatic carbocycles. The molecule has 130 valence electrons. The van der Waals surface area contributed by atoms with Crippen LogP contribution in [0.2, 0.25) is 5.02 Å². The number of fused-ring (bicyclic) bond motifs is 1. The van der Waals surface area contributed by atoms with Crippen LogP contribution in [-0.2, 0) is 6.42 Å². The van der Waals surface area contributed by atoms with Crippen LogP contribution in [0.5, 0.6) is 5.75 Å². The van der Waals surface area contributed by atoms with E-state index in [2.05, 4.69) is 52.0 Å². The summed E-state index contributed by atoms with van der Waals surface area (Å²) in [5.74, 6) is 1.64. The molecule has 0 heterocycles. The molecule has 0 aliphatic heterocycles. The Balaban J connectivity index is 1.73. The van der Waals surface area contributed by atoms with E-state index in [0.29, 0.717) is 11.5 Å². The van der Waals surface area contributed by atoms with E-state index >= 15 is 0 Å². The average molecular weight is 345 g/mol. The first kappa shape index (κ1) is 17.6. The predicted octanol–water partition coefficient (Wildman–Crippen LogP) is 7.04. The highest BCUT2D eigenvalue weighted by atomic mass is 35.5. The Kier molecular flexibility index (Phi) is 5.11. The van der Waals surface area contributed by atoms with Gasteiger partial charge >= 0.3 is 0 Å². The molecule has 3 rings (SSSR count). The lowest BCUT2D eigenvalue weighted by Crippen LogP contribution is -2.30. The summed E-state index contributed by atoms with van der Waals surface area (Å²) in [5.41, 5.74) is 1.75. The number of ether oxygens (including phenoxy) is 1. The van der Waals surface area contributed by atoms with Crippen LogP contribution in [-0.4, -0.2) is 6.10 Å². The Hall–Kier alpha value is -1.21. The van der Waals surface area contributed by atoms with Crippen molar-refractivity contribution in [2.24, 2.45) is 11.3 Å². The van der Waals surface area contributed by atoms with Crippen molar-refractivity contribution in [3.8, 4) is 5.75 Å². The van der Waals surface area contributed by atoms with Crippen molar-refractivity contribution >= 4 is 22.4 Å². The molecule has 1 fully saturated rings. The minimum Gasteiger partial charge on any atom is -0.489 e. The summed E-state index contributed by atoms with van der Waals surface area (Å²) in [6, 6.07) is 10.7. The number of hydrogen-bond acceptors (Lipinski definition) is 1.